The number of ether oxygens (including phenoxy) is 1. The van der Waals surface area contributed by atoms with Crippen molar-refractivity contribution in [3.63, 3.8) is 0 Å². The molecule has 1 atom stereocenters. The highest BCUT2D eigenvalue weighted by atomic mass is 19.2. The Hall–Kier alpha value is -1.53. The van der Waals surface area contributed by atoms with Gasteiger partial charge in [-0.1, -0.05) is 6.07 Å². The second-order valence-electron chi connectivity index (χ2n) is 4.18. The Balaban J connectivity index is 2.00. The summed E-state index contributed by atoms with van der Waals surface area (Å²) in [7, 11) is 0. The maximum absolute atomic E-state index is 13.0. The van der Waals surface area contributed by atoms with Crippen LogP contribution in [0, 0.1) is 11.6 Å². The van der Waals surface area contributed by atoms with Gasteiger partial charge < -0.3 is 9.84 Å². The van der Waals surface area contributed by atoms with Gasteiger partial charge in [-0.15, -0.1) is 0 Å². The second-order valence-corrected chi connectivity index (χ2v) is 4.18. The number of carboxylic acids is 1. The molecule has 0 aliphatic carbocycles. The molecule has 0 aromatic heterocycles. The molecule has 0 radical (unpaired) electrons. The second kappa shape index (κ2) is 5.41. The molecular weight excluding hydrogens is 244 g/mol. The summed E-state index contributed by atoms with van der Waals surface area (Å²) in [6.45, 7) is 1.52. The van der Waals surface area contributed by atoms with E-state index in [-0.39, 0.29) is 6.54 Å². The molecule has 0 saturated carbocycles. The number of carboxylic acid groups (broad SMARTS) is 1. The van der Waals surface area contributed by atoms with E-state index in [1.54, 1.807) is 0 Å². The van der Waals surface area contributed by atoms with Gasteiger partial charge in [-0.05, 0) is 17.7 Å². The lowest BCUT2D eigenvalue weighted by molar-refractivity contribution is -0.156. The van der Waals surface area contributed by atoms with Crippen molar-refractivity contribution in [2.24, 2.45) is 0 Å². The van der Waals surface area contributed by atoms with Crippen molar-refractivity contribution >= 4 is 5.97 Å². The first-order valence-electron chi connectivity index (χ1n) is 5.57. The summed E-state index contributed by atoms with van der Waals surface area (Å²) >= 11 is 0. The third-order valence-electron chi connectivity index (χ3n) is 2.82. The molecule has 98 valence electrons. The normalized spacial score (nSPS) is 20.9. The number of carbonyl (C=O) groups is 1. The van der Waals surface area contributed by atoms with E-state index in [9.17, 15) is 13.6 Å². The Bertz CT molecular complexity index is 453. The third kappa shape index (κ3) is 3.02. The van der Waals surface area contributed by atoms with Gasteiger partial charge in [-0.3, -0.25) is 4.90 Å². The Kier molecular flexibility index (Phi) is 3.88. The lowest BCUT2D eigenvalue weighted by Gasteiger charge is -2.30. The zero-order chi connectivity index (χ0) is 13.1. The fraction of sp³-hybridized carbons (Fsp3) is 0.417. The number of nitrogens with zero attached hydrogens (tertiary/aromatic N) is 1. The van der Waals surface area contributed by atoms with Crippen LogP contribution in [0.1, 0.15) is 5.56 Å². The highest BCUT2D eigenvalue weighted by Gasteiger charge is 2.26. The third-order valence-corrected chi connectivity index (χ3v) is 2.82. The van der Waals surface area contributed by atoms with Crippen molar-refractivity contribution in [3.8, 4) is 0 Å². The minimum atomic E-state index is -1.01. The summed E-state index contributed by atoms with van der Waals surface area (Å²) in [6, 6.07) is 3.68. The fourth-order valence-electron chi connectivity index (χ4n) is 1.89. The van der Waals surface area contributed by atoms with Crippen molar-refractivity contribution in [3.05, 3.63) is 35.4 Å². The standard InChI is InChI=1S/C12H13F2NO3/c13-9-2-1-8(5-10(9)14)6-15-3-4-18-11(7-15)12(16)17/h1-2,5,11H,3-4,6-7H2,(H,16,17). The Labute approximate surface area is 103 Å². The molecule has 2 rings (SSSR count). The van der Waals surface area contributed by atoms with E-state index < -0.39 is 23.7 Å². The molecule has 1 saturated heterocycles. The van der Waals surface area contributed by atoms with Crippen LogP contribution in [0.4, 0.5) is 8.78 Å². The molecule has 0 spiro atoms. The van der Waals surface area contributed by atoms with Crippen LogP contribution in [0.25, 0.3) is 0 Å². The van der Waals surface area contributed by atoms with E-state index in [0.29, 0.717) is 25.3 Å². The van der Waals surface area contributed by atoms with Gasteiger partial charge in [0.05, 0.1) is 6.61 Å². The number of morpholine rings is 1. The van der Waals surface area contributed by atoms with Crippen molar-refractivity contribution < 1.29 is 23.4 Å². The van der Waals surface area contributed by atoms with Crippen molar-refractivity contribution in [2.75, 3.05) is 19.7 Å². The van der Waals surface area contributed by atoms with Crippen molar-refractivity contribution in [1.29, 1.82) is 0 Å². The summed E-state index contributed by atoms with van der Waals surface area (Å²) in [4.78, 5) is 12.6. The molecule has 4 nitrogen and oxygen atoms in total. The molecule has 0 bridgehead atoms. The number of aliphatic carboxylic acids is 1. The van der Waals surface area contributed by atoms with E-state index >= 15 is 0 Å². The number of rotatable bonds is 3. The SMILES string of the molecule is O=C(O)C1CN(Cc2ccc(F)c(F)c2)CCO1. The zero-order valence-corrected chi connectivity index (χ0v) is 9.60. The molecule has 1 unspecified atom stereocenters. The van der Waals surface area contributed by atoms with Crippen LogP contribution >= 0.6 is 0 Å². The van der Waals surface area contributed by atoms with Crippen LogP contribution in [0.5, 0.6) is 0 Å². The number of hydrogen-bond acceptors (Lipinski definition) is 3. The zero-order valence-electron chi connectivity index (χ0n) is 9.60. The smallest absolute Gasteiger partial charge is 0.334 e. The van der Waals surface area contributed by atoms with Gasteiger partial charge in [-0.25, -0.2) is 13.6 Å². The molecular formula is C12H13F2NO3. The van der Waals surface area contributed by atoms with Crippen LogP contribution < -0.4 is 0 Å². The first-order chi connectivity index (χ1) is 8.56. The maximum Gasteiger partial charge on any atom is 0.334 e. The van der Waals surface area contributed by atoms with Gasteiger partial charge in [0.1, 0.15) is 0 Å². The molecule has 0 amide bonds. The fourth-order valence-corrected chi connectivity index (χ4v) is 1.89. The molecule has 18 heavy (non-hydrogen) atoms. The first kappa shape index (κ1) is 12.9. The molecule has 1 aromatic carbocycles. The van der Waals surface area contributed by atoms with Crippen LogP contribution in [-0.2, 0) is 16.1 Å². The van der Waals surface area contributed by atoms with Crippen LogP contribution in [0.15, 0.2) is 18.2 Å². The summed E-state index contributed by atoms with van der Waals surface area (Å²) in [5.41, 5.74) is 0.611. The predicted octanol–water partition coefficient (Wildman–Crippen LogP) is 1.25. The largest absolute Gasteiger partial charge is 0.479 e. The van der Waals surface area contributed by atoms with E-state index in [4.69, 9.17) is 9.84 Å². The van der Waals surface area contributed by atoms with E-state index in [0.717, 1.165) is 12.1 Å². The average Bonchev–Trinajstić information content (AvgIpc) is 2.34. The van der Waals surface area contributed by atoms with E-state index in [2.05, 4.69) is 0 Å². The summed E-state index contributed by atoms with van der Waals surface area (Å²) in [6.07, 6.45) is -0.857. The Morgan fingerprint density at radius 2 is 2.22 bits per heavy atom. The number of benzene rings is 1. The number of halogens is 2. The van der Waals surface area contributed by atoms with Crippen LogP contribution in [0.2, 0.25) is 0 Å². The molecule has 1 aliphatic heterocycles. The maximum atomic E-state index is 13.0. The van der Waals surface area contributed by atoms with Gasteiger partial charge in [0, 0.05) is 19.6 Å². The Morgan fingerprint density at radius 1 is 1.44 bits per heavy atom. The van der Waals surface area contributed by atoms with Gasteiger partial charge in [0.15, 0.2) is 17.7 Å². The van der Waals surface area contributed by atoms with Gasteiger partial charge in [0.2, 0.25) is 0 Å². The molecule has 1 heterocycles. The van der Waals surface area contributed by atoms with Crippen molar-refractivity contribution in [1.82, 2.24) is 4.90 Å². The summed E-state index contributed by atoms with van der Waals surface area (Å²) in [5.74, 6) is -2.79. The number of hydrogen-bond donors (Lipinski definition) is 1. The summed E-state index contributed by atoms with van der Waals surface area (Å²) < 4.78 is 30.9. The molecule has 6 heteroatoms. The highest BCUT2D eigenvalue weighted by Crippen LogP contribution is 2.13. The van der Waals surface area contributed by atoms with Gasteiger partial charge in [-0.2, -0.15) is 0 Å². The van der Waals surface area contributed by atoms with E-state index in [1.807, 2.05) is 4.90 Å². The average molecular weight is 257 g/mol. The lowest BCUT2D eigenvalue weighted by Crippen LogP contribution is -2.45. The minimum absolute atomic E-state index is 0.244. The Morgan fingerprint density at radius 3 is 2.89 bits per heavy atom. The van der Waals surface area contributed by atoms with Crippen molar-refractivity contribution in [2.45, 2.75) is 12.6 Å². The van der Waals surface area contributed by atoms with Crippen LogP contribution in [0.3, 0.4) is 0 Å². The molecule has 1 aromatic rings. The highest BCUT2D eigenvalue weighted by molar-refractivity contribution is 5.72. The summed E-state index contributed by atoms with van der Waals surface area (Å²) in [5, 5.41) is 8.84. The first-order valence-corrected chi connectivity index (χ1v) is 5.57. The minimum Gasteiger partial charge on any atom is -0.479 e. The molecule has 1 N–H and O–H groups in total. The van der Waals surface area contributed by atoms with Gasteiger partial charge in [0.25, 0.3) is 0 Å². The van der Waals surface area contributed by atoms with Gasteiger partial charge >= 0.3 is 5.97 Å². The topological polar surface area (TPSA) is 49.8 Å². The lowest BCUT2D eigenvalue weighted by atomic mass is 10.2. The monoisotopic (exact) mass is 257 g/mol. The van der Waals surface area contributed by atoms with Crippen LogP contribution in [-0.4, -0.2) is 41.8 Å². The molecule has 1 fully saturated rings. The quantitative estimate of drug-likeness (QED) is 0.885. The van der Waals surface area contributed by atoms with E-state index in [1.165, 1.54) is 6.07 Å². The molecule has 1 aliphatic rings. The predicted molar refractivity (Wildman–Crippen MR) is 59.0 cm³/mol.